The molecule has 0 spiro atoms. The molecule has 1 aromatic rings. The van der Waals surface area contributed by atoms with Crippen LogP contribution in [0.2, 0.25) is 0 Å². The van der Waals surface area contributed by atoms with Crippen LogP contribution >= 0.6 is 11.3 Å². The lowest BCUT2D eigenvalue weighted by atomic mass is 10.0. The molecule has 1 saturated carbocycles. The summed E-state index contributed by atoms with van der Waals surface area (Å²) in [6.45, 7) is 9.08. The van der Waals surface area contributed by atoms with Gasteiger partial charge in [0.25, 0.3) is 0 Å². The minimum atomic E-state index is -0.148. The molecule has 1 N–H and O–H groups in total. The molecule has 1 aromatic heterocycles. The van der Waals surface area contributed by atoms with Crippen molar-refractivity contribution in [1.82, 2.24) is 0 Å². The van der Waals surface area contributed by atoms with Crippen molar-refractivity contribution in [2.24, 2.45) is 16.7 Å². The van der Waals surface area contributed by atoms with Crippen LogP contribution in [0, 0.1) is 16.7 Å². The molecule has 1 atom stereocenters. The SMILES string of the molecule is CC1(C)C(C(O)CCc2ccsc2)C1(C)C. The summed E-state index contributed by atoms with van der Waals surface area (Å²) in [5.41, 5.74) is 1.95. The van der Waals surface area contributed by atoms with Gasteiger partial charge in [-0.25, -0.2) is 0 Å². The Morgan fingerprint density at radius 2 is 1.94 bits per heavy atom. The molecular weight excluding hydrogens is 216 g/mol. The van der Waals surface area contributed by atoms with E-state index in [0.717, 1.165) is 12.8 Å². The molecule has 0 radical (unpaired) electrons. The van der Waals surface area contributed by atoms with Crippen LogP contribution < -0.4 is 0 Å². The largest absolute Gasteiger partial charge is 0.393 e. The average Bonchev–Trinajstić information content (AvgIpc) is 2.61. The van der Waals surface area contributed by atoms with Crippen LogP contribution in [0.15, 0.2) is 16.8 Å². The molecule has 16 heavy (non-hydrogen) atoms. The molecule has 0 bridgehead atoms. The maximum atomic E-state index is 10.3. The Morgan fingerprint density at radius 3 is 2.38 bits per heavy atom. The van der Waals surface area contributed by atoms with Crippen molar-refractivity contribution >= 4 is 11.3 Å². The predicted molar refractivity (Wildman–Crippen MR) is 69.7 cm³/mol. The van der Waals surface area contributed by atoms with Gasteiger partial charge in [-0.2, -0.15) is 11.3 Å². The molecule has 1 fully saturated rings. The first-order chi connectivity index (χ1) is 7.37. The third kappa shape index (κ3) is 1.82. The molecule has 0 amide bonds. The van der Waals surface area contributed by atoms with Gasteiger partial charge in [-0.05, 0) is 52.0 Å². The summed E-state index contributed by atoms with van der Waals surface area (Å²) in [4.78, 5) is 0. The first-order valence-electron chi connectivity index (χ1n) is 6.06. The van der Waals surface area contributed by atoms with E-state index < -0.39 is 0 Å². The Labute approximate surface area is 103 Å². The zero-order valence-electron chi connectivity index (χ0n) is 10.7. The first kappa shape index (κ1) is 12.1. The molecule has 1 heterocycles. The van der Waals surface area contributed by atoms with Crippen LogP contribution in [0.5, 0.6) is 0 Å². The fourth-order valence-corrected chi connectivity index (χ4v) is 3.83. The Balaban J connectivity index is 1.89. The summed E-state index contributed by atoms with van der Waals surface area (Å²) in [5, 5.41) is 14.5. The van der Waals surface area contributed by atoms with E-state index in [-0.39, 0.29) is 6.10 Å². The van der Waals surface area contributed by atoms with Gasteiger partial charge in [-0.1, -0.05) is 27.7 Å². The Kier molecular flexibility index (Phi) is 2.92. The zero-order chi connectivity index (χ0) is 12.0. The predicted octanol–water partition coefficient (Wildman–Crippen LogP) is 3.72. The Bertz CT molecular complexity index is 337. The monoisotopic (exact) mass is 238 g/mol. The molecule has 1 aliphatic carbocycles. The van der Waals surface area contributed by atoms with Crippen molar-refractivity contribution in [3.8, 4) is 0 Å². The van der Waals surface area contributed by atoms with Crippen molar-refractivity contribution in [1.29, 1.82) is 0 Å². The lowest BCUT2D eigenvalue weighted by Gasteiger charge is -2.11. The van der Waals surface area contributed by atoms with Crippen molar-refractivity contribution < 1.29 is 5.11 Å². The number of rotatable bonds is 4. The third-order valence-electron chi connectivity index (χ3n) is 4.83. The van der Waals surface area contributed by atoms with E-state index in [9.17, 15) is 5.11 Å². The molecule has 2 heteroatoms. The topological polar surface area (TPSA) is 20.2 Å². The summed E-state index contributed by atoms with van der Waals surface area (Å²) in [6, 6.07) is 2.15. The molecule has 1 nitrogen and oxygen atoms in total. The molecule has 0 saturated heterocycles. The van der Waals surface area contributed by atoms with E-state index in [4.69, 9.17) is 0 Å². The Morgan fingerprint density at radius 1 is 1.31 bits per heavy atom. The van der Waals surface area contributed by atoms with Gasteiger partial charge in [0.1, 0.15) is 0 Å². The lowest BCUT2D eigenvalue weighted by molar-refractivity contribution is 0.120. The molecule has 0 aliphatic heterocycles. The van der Waals surface area contributed by atoms with Gasteiger partial charge in [0.15, 0.2) is 0 Å². The maximum Gasteiger partial charge on any atom is 0.0582 e. The summed E-state index contributed by atoms with van der Waals surface area (Å²) >= 11 is 1.73. The zero-order valence-corrected chi connectivity index (χ0v) is 11.5. The normalized spacial score (nSPS) is 24.3. The van der Waals surface area contributed by atoms with E-state index in [1.165, 1.54) is 5.56 Å². The van der Waals surface area contributed by atoms with Crippen LogP contribution in [0.4, 0.5) is 0 Å². The van der Waals surface area contributed by atoms with Crippen molar-refractivity contribution in [2.45, 2.75) is 46.6 Å². The maximum absolute atomic E-state index is 10.3. The second kappa shape index (κ2) is 3.85. The first-order valence-corrected chi connectivity index (χ1v) is 7.01. The number of thiophene rings is 1. The van der Waals surface area contributed by atoms with Gasteiger partial charge in [0.05, 0.1) is 6.10 Å². The average molecular weight is 238 g/mol. The molecule has 1 aliphatic rings. The van der Waals surface area contributed by atoms with E-state index >= 15 is 0 Å². The highest BCUT2D eigenvalue weighted by molar-refractivity contribution is 7.07. The van der Waals surface area contributed by atoms with E-state index in [0.29, 0.717) is 16.7 Å². The second-order valence-electron chi connectivity index (χ2n) is 6.16. The Hall–Kier alpha value is -0.340. The van der Waals surface area contributed by atoms with Gasteiger partial charge in [-0.15, -0.1) is 0 Å². The molecule has 2 rings (SSSR count). The third-order valence-corrected chi connectivity index (χ3v) is 5.56. The van der Waals surface area contributed by atoms with Gasteiger partial charge in [0.2, 0.25) is 0 Å². The second-order valence-corrected chi connectivity index (χ2v) is 6.94. The molecular formula is C14H22OS. The highest BCUT2D eigenvalue weighted by Crippen LogP contribution is 2.69. The molecule has 90 valence electrons. The van der Waals surface area contributed by atoms with E-state index in [1.807, 2.05) is 0 Å². The number of hydrogen-bond acceptors (Lipinski definition) is 2. The summed E-state index contributed by atoms with van der Waals surface area (Å²) in [6.07, 6.45) is 1.76. The summed E-state index contributed by atoms with van der Waals surface area (Å²) in [5.74, 6) is 0.457. The van der Waals surface area contributed by atoms with E-state index in [1.54, 1.807) is 11.3 Å². The van der Waals surface area contributed by atoms with Crippen LogP contribution in [0.1, 0.15) is 39.7 Å². The van der Waals surface area contributed by atoms with Crippen molar-refractivity contribution in [3.05, 3.63) is 22.4 Å². The van der Waals surface area contributed by atoms with Crippen LogP contribution in [-0.2, 0) is 6.42 Å². The van der Waals surface area contributed by atoms with Gasteiger partial charge in [0, 0.05) is 0 Å². The van der Waals surface area contributed by atoms with Gasteiger partial charge < -0.3 is 5.11 Å². The minimum Gasteiger partial charge on any atom is -0.393 e. The molecule has 0 aromatic carbocycles. The summed E-state index contributed by atoms with van der Waals surface area (Å²) < 4.78 is 0. The van der Waals surface area contributed by atoms with Gasteiger partial charge >= 0.3 is 0 Å². The number of aryl methyl sites for hydroxylation is 1. The minimum absolute atomic E-state index is 0.148. The van der Waals surface area contributed by atoms with E-state index in [2.05, 4.69) is 44.5 Å². The van der Waals surface area contributed by atoms with Crippen LogP contribution in [0.3, 0.4) is 0 Å². The highest BCUT2D eigenvalue weighted by Gasteiger charge is 2.66. The fraction of sp³-hybridized carbons (Fsp3) is 0.714. The highest BCUT2D eigenvalue weighted by atomic mass is 32.1. The van der Waals surface area contributed by atoms with Crippen LogP contribution in [0.25, 0.3) is 0 Å². The number of aliphatic hydroxyl groups excluding tert-OH is 1. The quantitative estimate of drug-likeness (QED) is 0.847. The summed E-state index contributed by atoms with van der Waals surface area (Å²) in [7, 11) is 0. The van der Waals surface area contributed by atoms with Crippen molar-refractivity contribution in [3.63, 3.8) is 0 Å². The standard InChI is InChI=1S/C14H22OS/c1-13(2)12(14(13,3)4)11(15)6-5-10-7-8-16-9-10/h7-9,11-12,15H,5-6H2,1-4H3. The van der Waals surface area contributed by atoms with Crippen LogP contribution in [-0.4, -0.2) is 11.2 Å². The number of aliphatic hydroxyl groups is 1. The number of hydrogen-bond donors (Lipinski definition) is 1. The van der Waals surface area contributed by atoms with Crippen molar-refractivity contribution in [2.75, 3.05) is 0 Å². The molecule has 1 unspecified atom stereocenters. The fourth-order valence-electron chi connectivity index (χ4n) is 3.13. The lowest BCUT2D eigenvalue weighted by Crippen LogP contribution is -2.15. The van der Waals surface area contributed by atoms with Gasteiger partial charge in [-0.3, -0.25) is 0 Å². The smallest absolute Gasteiger partial charge is 0.0582 e.